The van der Waals surface area contributed by atoms with Gasteiger partial charge in [-0.05, 0) is 37.5 Å². The molecule has 0 heterocycles. The third-order valence-electron chi connectivity index (χ3n) is 3.71. The van der Waals surface area contributed by atoms with E-state index in [9.17, 15) is 14.4 Å². The standard InChI is InChI=1S/C14H16N2O4/c1-7-2-3-8(12(15)17)6-11(7)16-13(18)9-4-5-10(9)14(19)20/h2-3,6,9-10H,4-5H2,1H3,(H2,15,17)(H,16,18)(H,19,20). The van der Waals surface area contributed by atoms with E-state index >= 15 is 0 Å². The summed E-state index contributed by atoms with van der Waals surface area (Å²) in [6, 6.07) is 4.77. The van der Waals surface area contributed by atoms with Gasteiger partial charge in [-0.15, -0.1) is 0 Å². The van der Waals surface area contributed by atoms with Crippen LogP contribution in [0.2, 0.25) is 0 Å². The van der Waals surface area contributed by atoms with E-state index < -0.39 is 23.7 Å². The molecule has 6 heteroatoms. The Morgan fingerprint density at radius 1 is 1.25 bits per heavy atom. The normalized spacial score (nSPS) is 20.9. The maximum absolute atomic E-state index is 12.1. The fourth-order valence-electron chi connectivity index (χ4n) is 2.24. The van der Waals surface area contributed by atoms with E-state index in [1.807, 2.05) is 0 Å². The van der Waals surface area contributed by atoms with E-state index in [1.165, 1.54) is 6.07 Å². The lowest BCUT2D eigenvalue weighted by atomic mass is 9.73. The van der Waals surface area contributed by atoms with Gasteiger partial charge in [-0.2, -0.15) is 0 Å². The minimum absolute atomic E-state index is 0.300. The number of aliphatic carboxylic acids is 1. The summed E-state index contributed by atoms with van der Waals surface area (Å²) in [4.78, 5) is 34.1. The molecule has 0 bridgehead atoms. The number of hydrogen-bond donors (Lipinski definition) is 3. The molecule has 0 aliphatic heterocycles. The lowest BCUT2D eigenvalue weighted by Gasteiger charge is -2.32. The van der Waals surface area contributed by atoms with Crippen LogP contribution in [0.5, 0.6) is 0 Å². The van der Waals surface area contributed by atoms with E-state index in [0.717, 1.165) is 5.56 Å². The number of carboxylic acid groups (broad SMARTS) is 1. The zero-order valence-corrected chi connectivity index (χ0v) is 11.1. The quantitative estimate of drug-likeness (QED) is 0.766. The van der Waals surface area contributed by atoms with Crippen LogP contribution in [0, 0.1) is 18.8 Å². The van der Waals surface area contributed by atoms with Crippen molar-refractivity contribution in [1.29, 1.82) is 0 Å². The number of rotatable bonds is 4. The van der Waals surface area contributed by atoms with Crippen LogP contribution in [0.1, 0.15) is 28.8 Å². The summed E-state index contributed by atoms with van der Waals surface area (Å²) in [6.45, 7) is 1.79. The molecule has 1 aliphatic rings. The molecule has 6 nitrogen and oxygen atoms in total. The first-order valence-corrected chi connectivity index (χ1v) is 6.34. The highest BCUT2D eigenvalue weighted by Crippen LogP contribution is 2.35. The third-order valence-corrected chi connectivity index (χ3v) is 3.71. The van der Waals surface area contributed by atoms with Crippen molar-refractivity contribution in [2.24, 2.45) is 17.6 Å². The van der Waals surface area contributed by atoms with E-state index in [4.69, 9.17) is 10.8 Å². The van der Waals surface area contributed by atoms with E-state index in [1.54, 1.807) is 19.1 Å². The molecule has 0 aromatic heterocycles. The number of aryl methyl sites for hydroxylation is 1. The first-order chi connectivity index (χ1) is 9.40. The van der Waals surface area contributed by atoms with Crippen molar-refractivity contribution in [2.75, 3.05) is 5.32 Å². The molecule has 2 unspecified atom stereocenters. The topological polar surface area (TPSA) is 109 Å². The van der Waals surface area contributed by atoms with Crippen LogP contribution in [0.25, 0.3) is 0 Å². The van der Waals surface area contributed by atoms with Crippen LogP contribution in [0.4, 0.5) is 5.69 Å². The van der Waals surface area contributed by atoms with Crippen LogP contribution in [0.3, 0.4) is 0 Å². The summed E-state index contributed by atoms with van der Waals surface area (Å²) < 4.78 is 0. The van der Waals surface area contributed by atoms with Crippen molar-refractivity contribution in [3.05, 3.63) is 29.3 Å². The Bertz CT molecular complexity index is 583. The summed E-state index contributed by atoms with van der Waals surface area (Å²) in [6.07, 6.45) is 1.09. The van der Waals surface area contributed by atoms with Gasteiger partial charge in [0, 0.05) is 11.3 Å². The average molecular weight is 276 g/mol. The number of carboxylic acids is 1. The summed E-state index contributed by atoms with van der Waals surface area (Å²) in [5.74, 6) is -2.97. The number of anilines is 1. The molecule has 0 saturated heterocycles. The number of nitrogens with one attached hydrogen (secondary N) is 1. The van der Waals surface area contributed by atoms with Gasteiger partial charge >= 0.3 is 5.97 Å². The van der Waals surface area contributed by atoms with Gasteiger partial charge in [-0.25, -0.2) is 0 Å². The monoisotopic (exact) mass is 276 g/mol. The third kappa shape index (κ3) is 2.64. The minimum Gasteiger partial charge on any atom is -0.481 e. The molecule has 1 aromatic carbocycles. The van der Waals surface area contributed by atoms with Crippen molar-refractivity contribution in [3.63, 3.8) is 0 Å². The molecule has 2 rings (SSSR count). The summed E-state index contributed by atoms with van der Waals surface area (Å²) >= 11 is 0. The van der Waals surface area contributed by atoms with E-state index in [0.29, 0.717) is 24.1 Å². The van der Waals surface area contributed by atoms with Gasteiger partial charge in [0.05, 0.1) is 11.8 Å². The number of amides is 2. The largest absolute Gasteiger partial charge is 0.481 e. The van der Waals surface area contributed by atoms with Crippen molar-refractivity contribution in [2.45, 2.75) is 19.8 Å². The predicted octanol–water partition coefficient (Wildman–Crippen LogP) is 1.14. The van der Waals surface area contributed by atoms with Gasteiger partial charge < -0.3 is 16.2 Å². The number of carbonyl (C=O) groups is 3. The van der Waals surface area contributed by atoms with Crippen LogP contribution < -0.4 is 11.1 Å². The molecule has 2 atom stereocenters. The summed E-state index contributed by atoms with van der Waals surface area (Å²) in [7, 11) is 0. The second-order valence-electron chi connectivity index (χ2n) is 5.01. The summed E-state index contributed by atoms with van der Waals surface area (Å²) in [5.41, 5.74) is 6.77. The SMILES string of the molecule is Cc1ccc(C(N)=O)cc1NC(=O)C1CCC1C(=O)O. The first kappa shape index (κ1) is 14.0. The van der Waals surface area contributed by atoms with E-state index in [-0.39, 0.29) is 5.91 Å². The number of carbonyl (C=O) groups excluding carboxylic acids is 2. The highest BCUT2D eigenvalue weighted by molar-refractivity contribution is 5.99. The smallest absolute Gasteiger partial charge is 0.307 e. The van der Waals surface area contributed by atoms with Crippen molar-refractivity contribution in [1.82, 2.24) is 0 Å². The Labute approximate surface area is 116 Å². The molecule has 2 amide bonds. The maximum Gasteiger partial charge on any atom is 0.307 e. The lowest BCUT2D eigenvalue weighted by molar-refractivity contribution is -0.151. The van der Waals surface area contributed by atoms with Crippen molar-refractivity contribution >= 4 is 23.5 Å². The number of nitrogens with two attached hydrogens (primary N) is 1. The number of hydrogen-bond acceptors (Lipinski definition) is 3. The zero-order chi connectivity index (χ0) is 14.9. The fraction of sp³-hybridized carbons (Fsp3) is 0.357. The maximum atomic E-state index is 12.1. The van der Waals surface area contributed by atoms with Crippen molar-refractivity contribution in [3.8, 4) is 0 Å². The molecule has 1 aromatic rings. The van der Waals surface area contributed by atoms with Gasteiger partial charge in [0.25, 0.3) is 0 Å². The number of benzene rings is 1. The highest BCUT2D eigenvalue weighted by atomic mass is 16.4. The first-order valence-electron chi connectivity index (χ1n) is 6.34. The molecular weight excluding hydrogens is 260 g/mol. The molecular formula is C14H16N2O4. The Morgan fingerprint density at radius 3 is 2.40 bits per heavy atom. The second-order valence-corrected chi connectivity index (χ2v) is 5.01. The molecule has 1 aliphatic carbocycles. The van der Waals surface area contributed by atoms with Crippen LogP contribution in [0.15, 0.2) is 18.2 Å². The molecule has 0 spiro atoms. The Kier molecular flexibility index (Phi) is 3.74. The molecule has 20 heavy (non-hydrogen) atoms. The van der Waals surface area contributed by atoms with Crippen LogP contribution in [-0.4, -0.2) is 22.9 Å². The predicted molar refractivity (Wildman–Crippen MR) is 72.2 cm³/mol. The molecule has 4 N–H and O–H groups in total. The average Bonchev–Trinajstić information content (AvgIpc) is 2.29. The zero-order valence-electron chi connectivity index (χ0n) is 11.1. The molecule has 1 fully saturated rings. The molecule has 1 saturated carbocycles. The van der Waals surface area contributed by atoms with Crippen molar-refractivity contribution < 1.29 is 19.5 Å². The highest BCUT2D eigenvalue weighted by Gasteiger charge is 2.41. The van der Waals surface area contributed by atoms with Gasteiger partial charge in [-0.1, -0.05) is 6.07 Å². The van der Waals surface area contributed by atoms with Gasteiger partial charge in [0.15, 0.2) is 0 Å². The van der Waals surface area contributed by atoms with Gasteiger partial charge in [0.1, 0.15) is 0 Å². The Balaban J connectivity index is 2.13. The molecule has 0 radical (unpaired) electrons. The second kappa shape index (κ2) is 5.32. The van der Waals surface area contributed by atoms with E-state index in [2.05, 4.69) is 5.32 Å². The van der Waals surface area contributed by atoms with Crippen LogP contribution in [-0.2, 0) is 9.59 Å². The van der Waals surface area contributed by atoms with Gasteiger partial charge in [0.2, 0.25) is 11.8 Å². The van der Waals surface area contributed by atoms with Gasteiger partial charge in [-0.3, -0.25) is 14.4 Å². The fourth-order valence-corrected chi connectivity index (χ4v) is 2.24. The summed E-state index contributed by atoms with van der Waals surface area (Å²) in [5, 5.41) is 11.6. The Morgan fingerprint density at radius 2 is 1.90 bits per heavy atom. The minimum atomic E-state index is -0.945. The van der Waals surface area contributed by atoms with Crippen LogP contribution >= 0.6 is 0 Å². The lowest BCUT2D eigenvalue weighted by Crippen LogP contribution is -2.41. The molecule has 106 valence electrons. The number of primary amides is 1. The Hall–Kier alpha value is -2.37.